The molecule has 1 atom stereocenters. The highest BCUT2D eigenvalue weighted by Gasteiger charge is 2.55. The summed E-state index contributed by atoms with van der Waals surface area (Å²) >= 11 is 5.86. The van der Waals surface area contributed by atoms with E-state index in [4.69, 9.17) is 11.6 Å². The summed E-state index contributed by atoms with van der Waals surface area (Å²) in [6.07, 6.45) is -5.22. The average Bonchev–Trinajstić information content (AvgIpc) is 2.56. The fourth-order valence-corrected chi connectivity index (χ4v) is 3.62. The lowest BCUT2D eigenvalue weighted by molar-refractivity contribution is -0.242. The van der Waals surface area contributed by atoms with Crippen LogP contribution in [0.3, 0.4) is 0 Å². The maximum absolute atomic E-state index is 12.7. The Balaban J connectivity index is 3.07. The van der Waals surface area contributed by atoms with E-state index in [1.165, 1.54) is 4.90 Å². The molecule has 28 heavy (non-hydrogen) atoms. The molecule has 2 amide bonds. The zero-order valence-electron chi connectivity index (χ0n) is 15.3. The lowest BCUT2D eigenvalue weighted by Gasteiger charge is -2.25. The Kier molecular flexibility index (Phi) is 7.48. The zero-order chi connectivity index (χ0) is 21.9. The molecular weight excluding hydrogens is 425 g/mol. The highest BCUT2D eigenvalue weighted by Crippen LogP contribution is 2.32. The van der Waals surface area contributed by atoms with Crippen molar-refractivity contribution < 1.29 is 36.3 Å². The highest BCUT2D eigenvalue weighted by molar-refractivity contribution is 7.92. The van der Waals surface area contributed by atoms with Crippen LogP contribution in [0.5, 0.6) is 0 Å². The van der Waals surface area contributed by atoms with Crippen LogP contribution in [0.15, 0.2) is 23.1 Å². The molecule has 0 aliphatic rings. The zero-order valence-corrected chi connectivity index (χ0v) is 16.9. The molecule has 0 radical (unpaired) electrons. The number of carbonyl (C=O) groups is 2. The summed E-state index contributed by atoms with van der Waals surface area (Å²) in [5, 5.41) is 10.8. The molecule has 0 fully saturated rings. The molecule has 0 bridgehead atoms. The number of benzene rings is 1. The predicted octanol–water partition coefficient (Wildman–Crippen LogP) is 2.23. The minimum atomic E-state index is -5.22. The molecule has 1 aromatic carbocycles. The average molecular weight is 445 g/mol. The minimum absolute atomic E-state index is 0.272. The number of aliphatic hydroxyl groups is 1. The molecule has 0 spiro atoms. The van der Waals surface area contributed by atoms with E-state index in [9.17, 15) is 36.3 Å². The minimum Gasteiger partial charge on any atom is -0.373 e. The van der Waals surface area contributed by atoms with Crippen molar-refractivity contribution in [2.45, 2.75) is 37.4 Å². The molecule has 0 aromatic heterocycles. The third kappa shape index (κ3) is 5.36. The summed E-state index contributed by atoms with van der Waals surface area (Å²) in [5.74, 6) is -3.20. The summed E-state index contributed by atoms with van der Waals surface area (Å²) < 4.78 is 62.8. The number of hydrogen-bond acceptors (Lipinski definition) is 5. The Morgan fingerprint density at radius 2 is 1.75 bits per heavy atom. The van der Waals surface area contributed by atoms with Crippen LogP contribution in [-0.2, 0) is 19.4 Å². The highest BCUT2D eigenvalue weighted by atomic mass is 35.5. The van der Waals surface area contributed by atoms with Crippen LogP contribution in [0, 0.1) is 0 Å². The Hall–Kier alpha value is -1.85. The van der Waals surface area contributed by atoms with Crippen LogP contribution < -0.4 is 5.32 Å². The fourth-order valence-electron chi connectivity index (χ4n) is 2.08. The van der Waals surface area contributed by atoms with Crippen molar-refractivity contribution in [3.8, 4) is 0 Å². The largest absolute Gasteiger partial charge is 0.426 e. The Morgan fingerprint density at radius 3 is 2.18 bits per heavy atom. The first-order valence-electron chi connectivity index (χ1n) is 8.08. The summed E-state index contributed by atoms with van der Waals surface area (Å²) in [5.41, 5.74) is -4.00. The van der Waals surface area contributed by atoms with Gasteiger partial charge in [-0.05, 0) is 39.0 Å². The number of anilines is 1. The molecule has 0 aliphatic carbocycles. The Bertz CT molecular complexity index is 852. The van der Waals surface area contributed by atoms with E-state index in [0.717, 1.165) is 18.2 Å². The summed E-state index contributed by atoms with van der Waals surface area (Å²) in [4.78, 5) is 24.7. The number of nitrogens with one attached hydrogen (secondary N) is 1. The third-order valence-corrected chi connectivity index (χ3v) is 5.88. The second-order valence-electron chi connectivity index (χ2n) is 5.99. The number of alkyl halides is 3. The van der Waals surface area contributed by atoms with Gasteiger partial charge in [-0.25, -0.2) is 8.42 Å². The van der Waals surface area contributed by atoms with Gasteiger partial charge in [0.2, 0.25) is 11.5 Å². The predicted molar refractivity (Wildman–Crippen MR) is 96.7 cm³/mol. The molecule has 7 nitrogen and oxygen atoms in total. The van der Waals surface area contributed by atoms with Gasteiger partial charge < -0.3 is 15.3 Å². The van der Waals surface area contributed by atoms with Crippen LogP contribution in [0.1, 0.15) is 20.8 Å². The standard InChI is InChI=1S/C16H20ClF3N2O5S/c1-4-22(5-2)13(23)9-28(26,27)10-6-7-12(11(17)8-10)21-14(24)15(3,25)16(18,19)20/h6-8,25H,4-5,9H2,1-3H3,(H,21,24). The van der Waals surface area contributed by atoms with Gasteiger partial charge in [0.15, 0.2) is 9.84 Å². The van der Waals surface area contributed by atoms with Crippen LogP contribution in [0.4, 0.5) is 18.9 Å². The molecule has 1 unspecified atom stereocenters. The smallest absolute Gasteiger partial charge is 0.373 e. The van der Waals surface area contributed by atoms with Gasteiger partial charge in [0, 0.05) is 13.1 Å². The van der Waals surface area contributed by atoms with Crippen molar-refractivity contribution in [3.05, 3.63) is 23.2 Å². The maximum Gasteiger partial charge on any atom is 0.426 e. The van der Waals surface area contributed by atoms with Gasteiger partial charge in [0.05, 0.1) is 15.6 Å². The molecule has 12 heteroatoms. The van der Waals surface area contributed by atoms with E-state index in [-0.39, 0.29) is 22.5 Å². The molecule has 2 N–H and O–H groups in total. The van der Waals surface area contributed by atoms with E-state index in [1.807, 2.05) is 0 Å². The van der Waals surface area contributed by atoms with Crippen molar-refractivity contribution in [1.82, 2.24) is 4.90 Å². The lowest BCUT2D eigenvalue weighted by atomic mass is 10.1. The molecule has 1 rings (SSSR count). The van der Waals surface area contributed by atoms with Crippen LogP contribution in [0.25, 0.3) is 0 Å². The van der Waals surface area contributed by atoms with Crippen LogP contribution >= 0.6 is 11.6 Å². The topological polar surface area (TPSA) is 104 Å². The maximum atomic E-state index is 12.7. The summed E-state index contributed by atoms with van der Waals surface area (Å²) in [6.45, 7) is 4.32. The molecule has 158 valence electrons. The first-order chi connectivity index (χ1) is 12.7. The van der Waals surface area contributed by atoms with E-state index in [0.29, 0.717) is 13.1 Å². The van der Waals surface area contributed by atoms with Crippen molar-refractivity contribution in [1.29, 1.82) is 0 Å². The molecule has 0 saturated heterocycles. The summed E-state index contributed by atoms with van der Waals surface area (Å²) in [7, 11) is -4.06. The summed E-state index contributed by atoms with van der Waals surface area (Å²) in [6, 6.07) is 2.88. The normalized spacial score (nSPS) is 14.3. The SMILES string of the molecule is CCN(CC)C(=O)CS(=O)(=O)c1ccc(NC(=O)C(C)(O)C(F)(F)F)c(Cl)c1. The monoisotopic (exact) mass is 444 g/mol. The molecule has 0 saturated carbocycles. The van der Waals surface area contributed by atoms with Crippen molar-refractivity contribution in [2.24, 2.45) is 0 Å². The van der Waals surface area contributed by atoms with Gasteiger partial charge in [0.1, 0.15) is 5.75 Å². The molecule has 1 aromatic rings. The Morgan fingerprint density at radius 1 is 1.21 bits per heavy atom. The number of rotatable bonds is 7. The fraction of sp³-hybridized carbons (Fsp3) is 0.500. The van der Waals surface area contributed by atoms with Gasteiger partial charge in [-0.15, -0.1) is 0 Å². The third-order valence-electron chi connectivity index (χ3n) is 3.97. The van der Waals surface area contributed by atoms with Gasteiger partial charge in [0.25, 0.3) is 5.91 Å². The van der Waals surface area contributed by atoms with E-state index in [1.54, 1.807) is 19.2 Å². The van der Waals surface area contributed by atoms with E-state index < -0.39 is 39.2 Å². The van der Waals surface area contributed by atoms with Crippen molar-refractivity contribution in [2.75, 3.05) is 24.2 Å². The van der Waals surface area contributed by atoms with Crippen LogP contribution in [-0.4, -0.2) is 60.9 Å². The van der Waals surface area contributed by atoms with Crippen LogP contribution in [0.2, 0.25) is 5.02 Å². The number of nitrogens with zero attached hydrogens (tertiary/aromatic N) is 1. The van der Waals surface area contributed by atoms with E-state index >= 15 is 0 Å². The number of sulfone groups is 1. The second-order valence-corrected chi connectivity index (χ2v) is 8.39. The van der Waals surface area contributed by atoms with E-state index in [2.05, 4.69) is 0 Å². The van der Waals surface area contributed by atoms with Crippen molar-refractivity contribution >= 4 is 38.9 Å². The number of carbonyl (C=O) groups excluding carboxylic acids is 2. The Labute approximate surface area is 165 Å². The number of hydrogen-bond donors (Lipinski definition) is 2. The first kappa shape index (κ1) is 24.2. The molecule has 0 aliphatic heterocycles. The lowest BCUT2D eigenvalue weighted by Crippen LogP contribution is -2.52. The van der Waals surface area contributed by atoms with Gasteiger partial charge >= 0.3 is 6.18 Å². The first-order valence-corrected chi connectivity index (χ1v) is 10.1. The molecular formula is C16H20ClF3N2O5S. The second kappa shape index (κ2) is 8.66. The van der Waals surface area contributed by atoms with Gasteiger partial charge in [-0.3, -0.25) is 9.59 Å². The van der Waals surface area contributed by atoms with Gasteiger partial charge in [-0.2, -0.15) is 13.2 Å². The van der Waals surface area contributed by atoms with Crippen molar-refractivity contribution in [3.63, 3.8) is 0 Å². The number of halogens is 4. The quantitative estimate of drug-likeness (QED) is 0.671. The molecule has 0 heterocycles. The number of amides is 2. The van der Waals surface area contributed by atoms with Gasteiger partial charge in [-0.1, -0.05) is 11.6 Å².